The summed E-state index contributed by atoms with van der Waals surface area (Å²) in [5.74, 6) is 0. The molecular formula is C12H23NO2. The summed E-state index contributed by atoms with van der Waals surface area (Å²) in [6.07, 6.45) is 8.60. The molecule has 0 aromatic carbocycles. The van der Waals surface area contributed by atoms with E-state index in [1.165, 1.54) is 32.1 Å². The van der Waals surface area contributed by atoms with Gasteiger partial charge in [-0.3, -0.25) is 0 Å². The lowest BCUT2D eigenvalue weighted by molar-refractivity contribution is -0.0205. The number of piperidine rings is 1. The van der Waals surface area contributed by atoms with Crippen LogP contribution in [0.3, 0.4) is 0 Å². The Kier molecular flexibility index (Phi) is 4.00. The van der Waals surface area contributed by atoms with E-state index in [1.54, 1.807) is 0 Å². The lowest BCUT2D eigenvalue weighted by atomic mass is 9.83. The summed E-state index contributed by atoms with van der Waals surface area (Å²) >= 11 is 0. The van der Waals surface area contributed by atoms with E-state index in [9.17, 15) is 5.11 Å². The number of hydrogen-bond donors (Lipinski definition) is 2. The van der Waals surface area contributed by atoms with Crippen LogP contribution in [0.25, 0.3) is 0 Å². The minimum atomic E-state index is -0.0414. The zero-order valence-corrected chi connectivity index (χ0v) is 9.50. The van der Waals surface area contributed by atoms with E-state index in [-0.39, 0.29) is 12.1 Å². The fourth-order valence-electron chi connectivity index (χ4n) is 2.81. The molecule has 0 saturated carbocycles. The minimum Gasteiger partial charge on any atom is -0.394 e. The van der Waals surface area contributed by atoms with Crippen molar-refractivity contribution in [3.05, 3.63) is 0 Å². The second-order valence-electron chi connectivity index (χ2n) is 5.02. The number of aliphatic hydroxyl groups is 1. The Morgan fingerprint density at radius 1 is 1.27 bits per heavy atom. The third-order valence-electron chi connectivity index (χ3n) is 3.78. The second-order valence-corrected chi connectivity index (χ2v) is 5.02. The summed E-state index contributed by atoms with van der Waals surface area (Å²) in [6, 6.07) is 0. The van der Waals surface area contributed by atoms with Crippen LogP contribution in [0.15, 0.2) is 0 Å². The van der Waals surface area contributed by atoms with Crippen LogP contribution in [-0.2, 0) is 4.74 Å². The second kappa shape index (κ2) is 5.28. The summed E-state index contributed by atoms with van der Waals surface area (Å²) in [5.41, 5.74) is -0.0414. The molecule has 0 radical (unpaired) electrons. The minimum absolute atomic E-state index is 0.0414. The van der Waals surface area contributed by atoms with Crippen molar-refractivity contribution in [3.8, 4) is 0 Å². The summed E-state index contributed by atoms with van der Waals surface area (Å²) in [5, 5.41) is 13.1. The first-order chi connectivity index (χ1) is 7.35. The maximum absolute atomic E-state index is 9.55. The van der Waals surface area contributed by atoms with Gasteiger partial charge in [0.15, 0.2) is 0 Å². The number of rotatable bonds is 3. The van der Waals surface area contributed by atoms with Crippen molar-refractivity contribution in [1.29, 1.82) is 0 Å². The van der Waals surface area contributed by atoms with Crippen molar-refractivity contribution in [2.75, 3.05) is 19.8 Å². The van der Waals surface area contributed by atoms with Gasteiger partial charge in [-0.2, -0.15) is 0 Å². The largest absolute Gasteiger partial charge is 0.394 e. The maximum Gasteiger partial charge on any atom is 0.0614 e. The van der Waals surface area contributed by atoms with Gasteiger partial charge in [-0.15, -0.1) is 0 Å². The van der Waals surface area contributed by atoms with Crippen molar-refractivity contribution < 1.29 is 9.84 Å². The van der Waals surface area contributed by atoms with Crippen LogP contribution in [0.5, 0.6) is 0 Å². The predicted molar refractivity (Wildman–Crippen MR) is 59.9 cm³/mol. The Bertz CT molecular complexity index is 184. The van der Waals surface area contributed by atoms with Gasteiger partial charge in [-0.25, -0.2) is 0 Å². The van der Waals surface area contributed by atoms with Gasteiger partial charge in [0.25, 0.3) is 0 Å². The van der Waals surface area contributed by atoms with Crippen molar-refractivity contribution >= 4 is 0 Å². The molecule has 2 rings (SSSR count). The number of nitrogens with one attached hydrogen (secondary N) is 1. The van der Waals surface area contributed by atoms with E-state index < -0.39 is 0 Å². The Labute approximate surface area is 92.2 Å². The van der Waals surface area contributed by atoms with Crippen molar-refractivity contribution in [2.45, 2.75) is 56.6 Å². The first kappa shape index (κ1) is 11.4. The van der Waals surface area contributed by atoms with E-state index in [2.05, 4.69) is 5.32 Å². The Hall–Kier alpha value is -0.120. The molecule has 3 nitrogen and oxygen atoms in total. The molecule has 0 bridgehead atoms. The molecule has 2 atom stereocenters. The summed E-state index contributed by atoms with van der Waals surface area (Å²) in [4.78, 5) is 0. The highest BCUT2D eigenvalue weighted by Crippen LogP contribution is 2.28. The lowest BCUT2D eigenvalue weighted by Gasteiger charge is -2.40. The molecule has 2 N–H and O–H groups in total. The normalized spacial score (nSPS) is 37.8. The molecular weight excluding hydrogens is 190 g/mol. The van der Waals surface area contributed by atoms with Crippen LogP contribution in [0, 0.1) is 0 Å². The molecule has 0 aromatic heterocycles. The molecule has 3 heteroatoms. The van der Waals surface area contributed by atoms with Crippen LogP contribution < -0.4 is 5.32 Å². The molecule has 2 heterocycles. The molecule has 0 amide bonds. The van der Waals surface area contributed by atoms with Gasteiger partial charge in [0.2, 0.25) is 0 Å². The molecule has 2 unspecified atom stereocenters. The van der Waals surface area contributed by atoms with E-state index in [4.69, 9.17) is 4.74 Å². The zero-order valence-electron chi connectivity index (χ0n) is 9.50. The maximum atomic E-state index is 9.55. The van der Waals surface area contributed by atoms with Crippen LogP contribution in [0.1, 0.15) is 44.9 Å². The van der Waals surface area contributed by atoms with Crippen molar-refractivity contribution in [3.63, 3.8) is 0 Å². The lowest BCUT2D eigenvalue weighted by Crippen LogP contribution is -2.53. The van der Waals surface area contributed by atoms with Gasteiger partial charge in [-0.1, -0.05) is 6.42 Å². The highest BCUT2D eigenvalue weighted by Gasteiger charge is 2.34. The van der Waals surface area contributed by atoms with Gasteiger partial charge >= 0.3 is 0 Å². The number of aliphatic hydroxyl groups excluding tert-OH is 1. The quantitative estimate of drug-likeness (QED) is 0.745. The monoisotopic (exact) mass is 213 g/mol. The number of hydrogen-bond acceptors (Lipinski definition) is 3. The number of ether oxygens (including phenoxy) is 1. The van der Waals surface area contributed by atoms with E-state index in [0.717, 1.165) is 26.0 Å². The first-order valence-electron chi connectivity index (χ1n) is 6.32. The molecule has 2 fully saturated rings. The smallest absolute Gasteiger partial charge is 0.0614 e. The Morgan fingerprint density at radius 3 is 2.80 bits per heavy atom. The van der Waals surface area contributed by atoms with Crippen LogP contribution in [0.4, 0.5) is 0 Å². The van der Waals surface area contributed by atoms with E-state index in [1.807, 2.05) is 0 Å². The van der Waals surface area contributed by atoms with Gasteiger partial charge in [-0.05, 0) is 45.1 Å². The van der Waals surface area contributed by atoms with Crippen molar-refractivity contribution in [1.82, 2.24) is 5.32 Å². The van der Waals surface area contributed by atoms with E-state index >= 15 is 0 Å². The molecule has 2 aliphatic rings. The third-order valence-corrected chi connectivity index (χ3v) is 3.78. The van der Waals surface area contributed by atoms with Crippen molar-refractivity contribution in [2.24, 2.45) is 0 Å². The van der Waals surface area contributed by atoms with Crippen LogP contribution in [0.2, 0.25) is 0 Å². The SMILES string of the molecule is OCC1(CC2CCCCO2)CCCCN1. The van der Waals surface area contributed by atoms with Gasteiger partial charge in [0.05, 0.1) is 12.7 Å². The zero-order chi connectivity index (χ0) is 10.6. The standard InChI is InChI=1S/C12H23NO2/c14-10-12(6-2-3-7-13-12)9-11-5-1-4-8-15-11/h11,13-14H,1-10H2. The topological polar surface area (TPSA) is 41.5 Å². The highest BCUT2D eigenvalue weighted by molar-refractivity contribution is 4.93. The molecule has 0 aromatic rings. The summed E-state index contributed by atoms with van der Waals surface area (Å²) in [7, 11) is 0. The summed E-state index contributed by atoms with van der Waals surface area (Å²) < 4.78 is 5.76. The molecule has 2 saturated heterocycles. The predicted octanol–water partition coefficient (Wildman–Crippen LogP) is 1.45. The Balaban J connectivity index is 1.87. The first-order valence-corrected chi connectivity index (χ1v) is 6.32. The highest BCUT2D eigenvalue weighted by atomic mass is 16.5. The molecule has 0 aliphatic carbocycles. The Morgan fingerprint density at radius 2 is 2.20 bits per heavy atom. The fourth-order valence-corrected chi connectivity index (χ4v) is 2.81. The average Bonchev–Trinajstić information content (AvgIpc) is 2.32. The van der Waals surface area contributed by atoms with Crippen LogP contribution in [-0.4, -0.2) is 36.5 Å². The van der Waals surface area contributed by atoms with Gasteiger partial charge < -0.3 is 15.2 Å². The van der Waals surface area contributed by atoms with Gasteiger partial charge in [0.1, 0.15) is 0 Å². The molecule has 2 aliphatic heterocycles. The third kappa shape index (κ3) is 2.92. The summed E-state index contributed by atoms with van der Waals surface area (Å²) in [6.45, 7) is 2.21. The van der Waals surface area contributed by atoms with E-state index in [0.29, 0.717) is 6.10 Å². The molecule has 0 spiro atoms. The van der Waals surface area contributed by atoms with Crippen LogP contribution >= 0.6 is 0 Å². The average molecular weight is 213 g/mol. The molecule has 88 valence electrons. The van der Waals surface area contributed by atoms with Gasteiger partial charge in [0, 0.05) is 12.1 Å². The fraction of sp³-hybridized carbons (Fsp3) is 1.00. The molecule has 15 heavy (non-hydrogen) atoms.